The summed E-state index contributed by atoms with van der Waals surface area (Å²) in [5.74, 6) is -0.177. The molecular weight excluding hydrogens is 410 g/mol. The van der Waals surface area contributed by atoms with Gasteiger partial charge >= 0.3 is 5.97 Å². The van der Waals surface area contributed by atoms with Crippen molar-refractivity contribution in [3.05, 3.63) is 114 Å². The highest BCUT2D eigenvalue weighted by Gasteiger charge is 2.39. The Morgan fingerprint density at radius 2 is 1.39 bits per heavy atom. The van der Waals surface area contributed by atoms with Crippen molar-refractivity contribution < 1.29 is 14.3 Å². The van der Waals surface area contributed by atoms with Crippen molar-refractivity contribution in [1.82, 2.24) is 4.90 Å². The molecule has 0 atom stereocenters. The SMILES string of the molecule is O=C(/C=C/c1ccccc1)OC1(c2ccccc2)CCN(CCC(=O)c2ccccc2)CC1. The van der Waals surface area contributed by atoms with Gasteiger partial charge in [0.25, 0.3) is 0 Å². The number of esters is 1. The molecule has 0 radical (unpaired) electrons. The van der Waals surface area contributed by atoms with E-state index in [-0.39, 0.29) is 11.8 Å². The van der Waals surface area contributed by atoms with Gasteiger partial charge in [0.1, 0.15) is 5.60 Å². The molecule has 168 valence electrons. The third kappa shape index (κ3) is 6.05. The lowest BCUT2D eigenvalue weighted by Gasteiger charge is -2.41. The fourth-order valence-electron chi connectivity index (χ4n) is 4.31. The van der Waals surface area contributed by atoms with Crippen LogP contribution in [-0.2, 0) is 15.1 Å². The van der Waals surface area contributed by atoms with Crippen molar-refractivity contribution in [3.63, 3.8) is 0 Å². The first-order valence-electron chi connectivity index (χ1n) is 11.5. The van der Waals surface area contributed by atoms with Crippen LogP contribution in [0.3, 0.4) is 0 Å². The average Bonchev–Trinajstić information content (AvgIpc) is 2.88. The fraction of sp³-hybridized carbons (Fsp3) is 0.241. The highest BCUT2D eigenvalue weighted by molar-refractivity contribution is 5.96. The molecular formula is C29H29NO3. The number of rotatable bonds is 8. The third-order valence-corrected chi connectivity index (χ3v) is 6.22. The van der Waals surface area contributed by atoms with E-state index < -0.39 is 5.60 Å². The Kier molecular flexibility index (Phi) is 7.48. The number of hydrogen-bond acceptors (Lipinski definition) is 4. The Balaban J connectivity index is 1.39. The molecule has 0 amide bonds. The second-order valence-electron chi connectivity index (χ2n) is 8.41. The van der Waals surface area contributed by atoms with E-state index in [9.17, 15) is 9.59 Å². The summed E-state index contributed by atoms with van der Waals surface area (Å²) in [7, 11) is 0. The average molecular weight is 440 g/mol. The van der Waals surface area contributed by atoms with Gasteiger partial charge < -0.3 is 9.64 Å². The van der Waals surface area contributed by atoms with Crippen LogP contribution in [0.2, 0.25) is 0 Å². The van der Waals surface area contributed by atoms with E-state index in [2.05, 4.69) is 4.90 Å². The molecule has 4 nitrogen and oxygen atoms in total. The fourth-order valence-corrected chi connectivity index (χ4v) is 4.31. The minimum Gasteiger partial charge on any atom is -0.451 e. The Hall–Kier alpha value is -3.50. The van der Waals surface area contributed by atoms with Crippen LogP contribution in [-0.4, -0.2) is 36.3 Å². The predicted octanol–water partition coefficient (Wildman–Crippen LogP) is 5.51. The van der Waals surface area contributed by atoms with Gasteiger partial charge in [-0.05, 0) is 17.2 Å². The van der Waals surface area contributed by atoms with E-state index in [1.54, 1.807) is 6.08 Å². The van der Waals surface area contributed by atoms with Crippen LogP contribution >= 0.6 is 0 Å². The number of nitrogens with zero attached hydrogens (tertiary/aromatic N) is 1. The molecule has 0 spiro atoms. The van der Waals surface area contributed by atoms with Crippen molar-refractivity contribution in [3.8, 4) is 0 Å². The Morgan fingerprint density at radius 3 is 2.03 bits per heavy atom. The number of Topliss-reactive ketones (excluding diaryl/α,β-unsaturated/α-hetero) is 1. The zero-order valence-corrected chi connectivity index (χ0v) is 18.7. The summed E-state index contributed by atoms with van der Waals surface area (Å²) < 4.78 is 6.11. The highest BCUT2D eigenvalue weighted by Crippen LogP contribution is 2.37. The molecule has 0 unspecified atom stereocenters. The zero-order valence-electron chi connectivity index (χ0n) is 18.7. The minimum atomic E-state index is -0.653. The van der Waals surface area contributed by atoms with Gasteiger partial charge in [-0.1, -0.05) is 91.0 Å². The highest BCUT2D eigenvalue weighted by atomic mass is 16.6. The molecule has 1 heterocycles. The summed E-state index contributed by atoms with van der Waals surface area (Å²) >= 11 is 0. The molecule has 33 heavy (non-hydrogen) atoms. The molecule has 3 aromatic rings. The second kappa shape index (κ2) is 10.9. The van der Waals surface area contributed by atoms with Crippen molar-refractivity contribution in [1.29, 1.82) is 0 Å². The summed E-state index contributed by atoms with van der Waals surface area (Å²) in [5.41, 5.74) is 2.08. The van der Waals surface area contributed by atoms with Crippen molar-refractivity contribution in [2.75, 3.05) is 19.6 Å². The quantitative estimate of drug-likeness (QED) is 0.264. The molecule has 1 fully saturated rings. The summed E-state index contributed by atoms with van der Waals surface area (Å²) in [4.78, 5) is 27.5. The minimum absolute atomic E-state index is 0.160. The van der Waals surface area contributed by atoms with Crippen molar-refractivity contribution in [2.45, 2.75) is 24.9 Å². The summed E-state index contributed by atoms with van der Waals surface area (Å²) in [6.07, 6.45) is 5.17. The maximum Gasteiger partial charge on any atom is 0.331 e. The zero-order chi connectivity index (χ0) is 22.9. The Morgan fingerprint density at radius 1 is 0.818 bits per heavy atom. The monoisotopic (exact) mass is 439 g/mol. The number of hydrogen-bond donors (Lipinski definition) is 0. The first kappa shape index (κ1) is 22.7. The van der Waals surface area contributed by atoms with Gasteiger partial charge in [0.15, 0.2) is 5.78 Å². The summed E-state index contributed by atoms with van der Waals surface area (Å²) in [5, 5.41) is 0. The molecule has 0 N–H and O–H groups in total. The van der Waals surface area contributed by atoms with Gasteiger partial charge in [-0.3, -0.25) is 4.79 Å². The molecule has 0 aliphatic carbocycles. The Labute approximate surface area is 195 Å². The second-order valence-corrected chi connectivity index (χ2v) is 8.41. The third-order valence-electron chi connectivity index (χ3n) is 6.22. The molecule has 0 saturated carbocycles. The number of carbonyl (C=O) groups is 2. The number of ketones is 1. The molecule has 1 aliphatic rings. The lowest BCUT2D eigenvalue weighted by molar-refractivity contribution is -0.160. The van der Waals surface area contributed by atoms with Crippen LogP contribution in [0.5, 0.6) is 0 Å². The standard InChI is InChI=1S/C29H29NO3/c31-27(25-12-6-2-7-13-25)18-21-30-22-19-29(20-23-30,26-14-8-3-9-15-26)33-28(32)17-16-24-10-4-1-5-11-24/h1-17H,18-23H2/b17-16+. The van der Waals surface area contributed by atoms with Crippen molar-refractivity contribution in [2.24, 2.45) is 0 Å². The molecule has 4 rings (SSSR count). The number of likely N-dealkylation sites (tertiary alicyclic amines) is 1. The van der Waals surface area contributed by atoms with E-state index in [4.69, 9.17) is 4.74 Å². The van der Waals surface area contributed by atoms with Crippen LogP contribution < -0.4 is 0 Å². The van der Waals surface area contributed by atoms with Gasteiger partial charge in [-0.25, -0.2) is 4.79 Å². The van der Waals surface area contributed by atoms with Crippen LogP contribution in [0.1, 0.15) is 40.7 Å². The molecule has 0 aromatic heterocycles. The van der Waals surface area contributed by atoms with Crippen molar-refractivity contribution >= 4 is 17.8 Å². The van der Waals surface area contributed by atoms with Gasteiger partial charge in [0.05, 0.1) is 0 Å². The maximum atomic E-state index is 12.7. The lowest BCUT2D eigenvalue weighted by Crippen LogP contribution is -2.45. The molecule has 1 saturated heterocycles. The molecule has 1 aliphatic heterocycles. The van der Waals surface area contributed by atoms with Crippen LogP contribution in [0.4, 0.5) is 0 Å². The van der Waals surface area contributed by atoms with E-state index in [0.29, 0.717) is 25.8 Å². The first-order chi connectivity index (χ1) is 16.1. The van der Waals surface area contributed by atoms with Gasteiger partial charge in [-0.2, -0.15) is 0 Å². The largest absolute Gasteiger partial charge is 0.451 e. The predicted molar refractivity (Wildman–Crippen MR) is 131 cm³/mol. The smallest absolute Gasteiger partial charge is 0.331 e. The molecule has 3 aromatic carbocycles. The first-order valence-corrected chi connectivity index (χ1v) is 11.5. The summed E-state index contributed by atoms with van der Waals surface area (Å²) in [6, 6.07) is 29.1. The van der Waals surface area contributed by atoms with Gasteiger partial charge in [0.2, 0.25) is 0 Å². The number of carbonyl (C=O) groups excluding carboxylic acids is 2. The van der Waals surface area contributed by atoms with Crippen LogP contribution in [0, 0.1) is 0 Å². The van der Waals surface area contributed by atoms with Crippen LogP contribution in [0.15, 0.2) is 97.1 Å². The van der Waals surface area contributed by atoms with Gasteiger partial charge in [0, 0.05) is 50.5 Å². The molecule has 0 bridgehead atoms. The van der Waals surface area contributed by atoms with E-state index in [0.717, 1.165) is 29.8 Å². The van der Waals surface area contributed by atoms with E-state index in [1.165, 1.54) is 6.08 Å². The van der Waals surface area contributed by atoms with Gasteiger partial charge in [-0.15, -0.1) is 0 Å². The normalized spacial score (nSPS) is 15.9. The van der Waals surface area contributed by atoms with Crippen LogP contribution in [0.25, 0.3) is 6.08 Å². The Bertz CT molecular complexity index is 1070. The topological polar surface area (TPSA) is 46.6 Å². The number of piperidine rings is 1. The molecule has 4 heteroatoms. The van der Waals surface area contributed by atoms with E-state index in [1.807, 2.05) is 91.0 Å². The lowest BCUT2D eigenvalue weighted by atomic mass is 9.84. The van der Waals surface area contributed by atoms with E-state index >= 15 is 0 Å². The number of benzene rings is 3. The maximum absolute atomic E-state index is 12.7. The summed E-state index contributed by atoms with van der Waals surface area (Å²) in [6.45, 7) is 2.25. The number of ether oxygens (including phenoxy) is 1.